The molecule has 45 heavy (non-hydrogen) atoms. The van der Waals surface area contributed by atoms with Gasteiger partial charge in [-0.1, -0.05) is 72.7 Å². The van der Waals surface area contributed by atoms with Gasteiger partial charge in [-0.3, -0.25) is 14.5 Å². The lowest BCUT2D eigenvalue weighted by Crippen LogP contribution is -2.63. The van der Waals surface area contributed by atoms with Crippen molar-refractivity contribution in [2.75, 3.05) is 14.1 Å². The van der Waals surface area contributed by atoms with Gasteiger partial charge in [0.05, 0.1) is 6.04 Å². The maximum atomic E-state index is 14.5. The van der Waals surface area contributed by atoms with E-state index in [2.05, 4.69) is 5.32 Å². The molecule has 2 rings (SSSR count). The number of benzene rings is 1. The molecular formula is C35H54N4O6. The Labute approximate surface area is 268 Å². The standard InChI is InChI=1S/C35H54N4O6/c1-21(2)26(19-22(3)31(42)43)38(13)30(41)27(33(4,5)6)36-29(40)28(39(14)32(44)45-34(7,8)9)35(10,11)24-20-37(12)25-18-16-15-17-23(24)25/h15-21,26-28H,1-14H3,(H,36,40)(H,42,43)/b22-19+. The van der Waals surface area contributed by atoms with Crippen LogP contribution in [0.25, 0.3) is 10.9 Å². The number of carboxylic acids is 1. The lowest BCUT2D eigenvalue weighted by molar-refractivity contribution is -0.142. The minimum atomic E-state index is -1.07. The first-order valence-electron chi connectivity index (χ1n) is 15.4. The molecule has 1 aromatic heterocycles. The fourth-order valence-electron chi connectivity index (χ4n) is 5.73. The van der Waals surface area contributed by atoms with Gasteiger partial charge in [-0.2, -0.15) is 0 Å². The van der Waals surface area contributed by atoms with Crippen LogP contribution < -0.4 is 5.32 Å². The zero-order valence-corrected chi connectivity index (χ0v) is 29.6. The van der Waals surface area contributed by atoms with E-state index in [1.165, 1.54) is 16.7 Å². The number of fused-ring (bicyclic) bond motifs is 1. The van der Waals surface area contributed by atoms with Crippen LogP contribution in [0.4, 0.5) is 4.79 Å². The molecule has 10 heteroatoms. The first-order valence-corrected chi connectivity index (χ1v) is 15.4. The Balaban J connectivity index is 2.66. The lowest BCUT2D eigenvalue weighted by Gasteiger charge is -2.42. The lowest BCUT2D eigenvalue weighted by atomic mass is 9.76. The fraction of sp³-hybridized carbons (Fsp3) is 0.600. The number of nitrogens with one attached hydrogen (secondary N) is 1. The van der Waals surface area contributed by atoms with Gasteiger partial charge in [0, 0.05) is 49.2 Å². The van der Waals surface area contributed by atoms with Crippen LogP contribution >= 0.6 is 0 Å². The third-order valence-corrected chi connectivity index (χ3v) is 8.23. The second-order valence-electron chi connectivity index (χ2n) is 15.0. The van der Waals surface area contributed by atoms with Crippen molar-refractivity contribution in [3.63, 3.8) is 0 Å². The number of nitrogens with zero attached hydrogens (tertiary/aromatic N) is 3. The predicted octanol–water partition coefficient (Wildman–Crippen LogP) is 5.74. The van der Waals surface area contributed by atoms with Crippen molar-refractivity contribution in [1.29, 1.82) is 0 Å². The smallest absolute Gasteiger partial charge is 0.410 e. The molecule has 3 amide bonds. The summed E-state index contributed by atoms with van der Waals surface area (Å²) >= 11 is 0. The molecule has 1 aromatic carbocycles. The Morgan fingerprint density at radius 3 is 2.00 bits per heavy atom. The summed E-state index contributed by atoms with van der Waals surface area (Å²) in [5.41, 5.74) is -0.492. The van der Waals surface area contributed by atoms with Gasteiger partial charge >= 0.3 is 12.1 Å². The van der Waals surface area contributed by atoms with Gasteiger partial charge in [0.25, 0.3) is 0 Å². The highest BCUT2D eigenvalue weighted by molar-refractivity contribution is 5.94. The van der Waals surface area contributed by atoms with Crippen molar-refractivity contribution in [3.05, 3.63) is 47.7 Å². The van der Waals surface area contributed by atoms with Crippen LogP contribution in [0, 0.1) is 11.3 Å². The molecule has 2 aromatic rings. The summed E-state index contributed by atoms with van der Waals surface area (Å²) in [6.45, 7) is 20.0. The average Bonchev–Trinajstić information content (AvgIpc) is 3.24. The second kappa shape index (κ2) is 13.7. The quantitative estimate of drug-likeness (QED) is 0.325. The third kappa shape index (κ3) is 8.67. The van der Waals surface area contributed by atoms with Crippen molar-refractivity contribution in [2.24, 2.45) is 18.4 Å². The number of rotatable bonds is 10. The number of aryl methyl sites for hydroxylation is 1. The maximum Gasteiger partial charge on any atom is 0.410 e. The van der Waals surface area contributed by atoms with Crippen LogP contribution in [0.3, 0.4) is 0 Å². The normalized spacial score (nSPS) is 15.0. The van der Waals surface area contributed by atoms with E-state index in [-0.39, 0.29) is 17.4 Å². The summed E-state index contributed by atoms with van der Waals surface area (Å²) in [7, 11) is 5.09. The number of carboxylic acid groups (broad SMARTS) is 1. The Hall–Kier alpha value is -3.82. The summed E-state index contributed by atoms with van der Waals surface area (Å²) < 4.78 is 7.69. The number of para-hydroxylation sites is 1. The molecule has 0 radical (unpaired) electrons. The summed E-state index contributed by atoms with van der Waals surface area (Å²) in [5, 5.41) is 13.4. The van der Waals surface area contributed by atoms with E-state index < -0.39 is 52.5 Å². The molecule has 0 spiro atoms. The monoisotopic (exact) mass is 626 g/mol. The zero-order valence-electron chi connectivity index (χ0n) is 29.6. The molecule has 3 unspecified atom stereocenters. The molecule has 0 aliphatic heterocycles. The van der Waals surface area contributed by atoms with E-state index in [9.17, 15) is 24.3 Å². The highest BCUT2D eigenvalue weighted by atomic mass is 16.6. The number of aromatic nitrogens is 1. The average molecular weight is 627 g/mol. The molecule has 3 atom stereocenters. The fourth-order valence-corrected chi connectivity index (χ4v) is 5.73. The van der Waals surface area contributed by atoms with Gasteiger partial charge in [0.1, 0.15) is 17.7 Å². The second-order valence-corrected chi connectivity index (χ2v) is 15.0. The van der Waals surface area contributed by atoms with Crippen molar-refractivity contribution < 1.29 is 29.0 Å². The van der Waals surface area contributed by atoms with Gasteiger partial charge < -0.3 is 24.6 Å². The van der Waals surface area contributed by atoms with Crippen molar-refractivity contribution in [1.82, 2.24) is 19.7 Å². The van der Waals surface area contributed by atoms with E-state index in [0.29, 0.717) is 0 Å². The number of aliphatic carboxylic acids is 1. The van der Waals surface area contributed by atoms with Gasteiger partial charge in [-0.25, -0.2) is 9.59 Å². The SMILES string of the molecule is C/C(=C\C(C(C)C)N(C)C(=O)C(NC(=O)C(N(C)C(=O)OC(C)(C)C)C(C)(C)c1cn(C)c2ccccc12)C(C)(C)C)C(=O)O. The zero-order chi connectivity index (χ0) is 34.8. The molecule has 0 saturated heterocycles. The van der Waals surface area contributed by atoms with E-state index >= 15 is 0 Å². The van der Waals surface area contributed by atoms with Gasteiger partial charge in [-0.05, 0) is 50.7 Å². The molecule has 250 valence electrons. The number of carbonyl (C=O) groups excluding carboxylic acids is 3. The van der Waals surface area contributed by atoms with Crippen LogP contribution in [-0.2, 0) is 31.6 Å². The van der Waals surface area contributed by atoms with Gasteiger partial charge in [0.2, 0.25) is 11.8 Å². The van der Waals surface area contributed by atoms with Crippen LogP contribution in [0.2, 0.25) is 0 Å². The number of hydrogen-bond acceptors (Lipinski definition) is 5. The summed E-state index contributed by atoms with van der Waals surface area (Å²) in [6.07, 6.45) is 2.87. The van der Waals surface area contributed by atoms with E-state index in [1.807, 2.05) is 90.5 Å². The van der Waals surface area contributed by atoms with Gasteiger partial charge in [-0.15, -0.1) is 0 Å². The van der Waals surface area contributed by atoms with E-state index in [4.69, 9.17) is 4.74 Å². The Bertz CT molecular complexity index is 1440. The topological polar surface area (TPSA) is 121 Å². The molecular weight excluding hydrogens is 572 g/mol. The third-order valence-electron chi connectivity index (χ3n) is 8.23. The Kier molecular flexibility index (Phi) is 11.3. The van der Waals surface area contributed by atoms with Crippen molar-refractivity contribution >= 4 is 34.8 Å². The summed E-state index contributed by atoms with van der Waals surface area (Å²) in [4.78, 5) is 56.6. The number of amides is 3. The molecule has 2 N–H and O–H groups in total. The minimum Gasteiger partial charge on any atom is -0.478 e. The Morgan fingerprint density at radius 1 is 0.956 bits per heavy atom. The number of hydrogen-bond donors (Lipinski definition) is 2. The molecule has 0 saturated carbocycles. The largest absolute Gasteiger partial charge is 0.478 e. The molecule has 0 aliphatic rings. The maximum absolute atomic E-state index is 14.5. The number of carbonyl (C=O) groups is 4. The molecule has 0 fully saturated rings. The van der Waals surface area contributed by atoms with Crippen LogP contribution in [0.1, 0.15) is 81.7 Å². The minimum absolute atomic E-state index is 0.0964. The number of likely N-dealkylation sites (N-methyl/N-ethyl adjacent to an activating group) is 2. The summed E-state index contributed by atoms with van der Waals surface area (Å²) in [5.74, 6) is -2.04. The van der Waals surface area contributed by atoms with Crippen molar-refractivity contribution in [3.8, 4) is 0 Å². The molecule has 1 heterocycles. The van der Waals surface area contributed by atoms with Crippen molar-refractivity contribution in [2.45, 2.75) is 105 Å². The first kappa shape index (κ1) is 37.4. The Morgan fingerprint density at radius 2 is 1.51 bits per heavy atom. The number of ether oxygens (including phenoxy) is 1. The highest BCUT2D eigenvalue weighted by Gasteiger charge is 2.46. The van der Waals surface area contributed by atoms with Crippen LogP contribution in [-0.4, -0.2) is 81.2 Å². The highest BCUT2D eigenvalue weighted by Crippen LogP contribution is 2.37. The molecule has 10 nitrogen and oxygen atoms in total. The predicted molar refractivity (Wildman–Crippen MR) is 178 cm³/mol. The van der Waals surface area contributed by atoms with Gasteiger partial charge in [0.15, 0.2) is 0 Å². The van der Waals surface area contributed by atoms with E-state index in [0.717, 1.165) is 16.5 Å². The molecule has 0 aliphatic carbocycles. The first-order chi connectivity index (χ1) is 20.4. The molecule has 0 bridgehead atoms. The summed E-state index contributed by atoms with van der Waals surface area (Å²) in [6, 6.07) is 5.28. The van der Waals surface area contributed by atoms with E-state index in [1.54, 1.807) is 40.9 Å². The van der Waals surface area contributed by atoms with Crippen LogP contribution in [0.5, 0.6) is 0 Å². The van der Waals surface area contributed by atoms with Crippen LogP contribution in [0.15, 0.2) is 42.1 Å².